The number of amides is 1. The van der Waals surface area contributed by atoms with Gasteiger partial charge in [-0.15, -0.1) is 10.2 Å². The molecule has 4 rings (SSSR count). The second-order valence-corrected chi connectivity index (χ2v) is 7.05. The van der Waals surface area contributed by atoms with Crippen LogP contribution in [0, 0.1) is 5.82 Å². The molecule has 2 aliphatic rings. The van der Waals surface area contributed by atoms with Crippen molar-refractivity contribution in [3.63, 3.8) is 0 Å². The molecule has 28 heavy (non-hydrogen) atoms. The summed E-state index contributed by atoms with van der Waals surface area (Å²) in [4.78, 5) is 26.9. The molecule has 1 amide bonds. The van der Waals surface area contributed by atoms with Crippen molar-refractivity contribution >= 4 is 17.5 Å². The highest BCUT2D eigenvalue weighted by Gasteiger charge is 2.27. The number of rotatable bonds is 5. The van der Waals surface area contributed by atoms with Gasteiger partial charge in [-0.1, -0.05) is 11.6 Å². The van der Waals surface area contributed by atoms with Crippen LogP contribution in [0.5, 0.6) is 0 Å². The van der Waals surface area contributed by atoms with E-state index < -0.39 is 11.5 Å². The summed E-state index contributed by atoms with van der Waals surface area (Å²) >= 11 is 0. The Balaban J connectivity index is 1.46. The number of nitrogens with zero attached hydrogens (tertiary/aromatic N) is 4. The van der Waals surface area contributed by atoms with Crippen LogP contribution in [0.2, 0.25) is 0 Å². The number of hydrogen-bond donors (Lipinski definition) is 1. The summed E-state index contributed by atoms with van der Waals surface area (Å²) in [6.07, 6.45) is 7.64. The molecule has 7 nitrogen and oxygen atoms in total. The molecule has 146 valence electrons. The van der Waals surface area contributed by atoms with Crippen molar-refractivity contribution in [3.05, 3.63) is 57.8 Å². The van der Waals surface area contributed by atoms with E-state index in [0.29, 0.717) is 25.6 Å². The van der Waals surface area contributed by atoms with Crippen LogP contribution in [0.1, 0.15) is 42.6 Å². The lowest BCUT2D eigenvalue weighted by Gasteiger charge is -2.16. The van der Waals surface area contributed by atoms with E-state index in [2.05, 4.69) is 21.6 Å². The minimum Gasteiger partial charge on any atom is -0.350 e. The Hall–Kier alpha value is -3.03. The van der Waals surface area contributed by atoms with E-state index in [1.807, 2.05) is 0 Å². The van der Waals surface area contributed by atoms with E-state index in [9.17, 15) is 14.0 Å². The lowest BCUT2D eigenvalue weighted by atomic mass is 9.97. The minimum absolute atomic E-state index is 0.192. The van der Waals surface area contributed by atoms with E-state index in [0.717, 1.165) is 24.9 Å². The zero-order chi connectivity index (χ0) is 19.5. The molecule has 2 heterocycles. The minimum atomic E-state index is -0.496. The van der Waals surface area contributed by atoms with Gasteiger partial charge in [0.25, 0.3) is 11.5 Å². The first-order valence-electron chi connectivity index (χ1n) is 9.60. The molecule has 8 heteroatoms. The van der Waals surface area contributed by atoms with E-state index in [1.165, 1.54) is 35.1 Å². The molecule has 0 spiro atoms. The summed E-state index contributed by atoms with van der Waals surface area (Å²) in [7, 11) is 0. The highest BCUT2D eigenvalue weighted by Crippen LogP contribution is 2.26. The smallest absolute Gasteiger partial charge is 0.286 e. The Kier molecular flexibility index (Phi) is 5.18. The molecule has 1 aliphatic carbocycles. The summed E-state index contributed by atoms with van der Waals surface area (Å²) in [6, 6.07) is 5.95. The molecule has 0 unspecified atom stereocenters. The summed E-state index contributed by atoms with van der Waals surface area (Å²) in [6.45, 7) is 1.39. The highest BCUT2D eigenvalue weighted by atomic mass is 19.1. The van der Waals surface area contributed by atoms with E-state index in [1.54, 1.807) is 17.0 Å². The average molecular weight is 383 g/mol. The van der Waals surface area contributed by atoms with Crippen molar-refractivity contribution < 1.29 is 9.18 Å². The fraction of sp³-hybridized carbons (Fsp3) is 0.400. The van der Waals surface area contributed by atoms with Crippen molar-refractivity contribution in [1.82, 2.24) is 20.1 Å². The van der Waals surface area contributed by atoms with Gasteiger partial charge in [0.15, 0.2) is 0 Å². The third kappa shape index (κ3) is 3.67. The molecule has 1 aliphatic heterocycles. The number of fused-ring (bicyclic) bond motifs is 1. The molecule has 0 bridgehead atoms. The van der Waals surface area contributed by atoms with Crippen LogP contribution in [-0.2, 0) is 6.54 Å². The third-order valence-electron chi connectivity index (χ3n) is 5.19. The van der Waals surface area contributed by atoms with Crippen molar-refractivity contribution in [3.8, 4) is 0 Å². The van der Waals surface area contributed by atoms with Crippen LogP contribution in [0.3, 0.4) is 0 Å². The number of carbonyl (C=O) groups is 1. The lowest BCUT2D eigenvalue weighted by Crippen LogP contribution is -2.35. The molecule has 1 aromatic heterocycles. The molecule has 0 atom stereocenters. The Morgan fingerprint density at radius 2 is 1.96 bits per heavy atom. The first-order chi connectivity index (χ1) is 13.6. The van der Waals surface area contributed by atoms with Crippen LogP contribution in [-0.4, -0.2) is 33.8 Å². The van der Waals surface area contributed by atoms with Gasteiger partial charge < -0.3 is 10.2 Å². The van der Waals surface area contributed by atoms with Crippen molar-refractivity contribution in [2.24, 2.45) is 0 Å². The predicted molar refractivity (Wildman–Crippen MR) is 103 cm³/mol. The maximum Gasteiger partial charge on any atom is 0.286 e. The average Bonchev–Trinajstić information content (AvgIpc) is 3.14. The monoisotopic (exact) mass is 383 g/mol. The Bertz CT molecular complexity index is 968. The molecule has 1 aromatic carbocycles. The standard InChI is InChI=1S/C20H22FN5O2/c21-15-6-8-16(9-7-15)25-12-13-26-19(28)17(23-24-20(25)26)18(27)22-11-10-14-4-2-1-3-5-14/h4,6-9H,1-3,5,10-13H2,(H,22,27). The van der Waals surface area contributed by atoms with Crippen LogP contribution < -0.4 is 15.8 Å². The van der Waals surface area contributed by atoms with Gasteiger partial charge in [0.1, 0.15) is 5.82 Å². The first-order valence-corrected chi connectivity index (χ1v) is 9.60. The number of anilines is 2. The number of hydrogen-bond acceptors (Lipinski definition) is 5. The Morgan fingerprint density at radius 3 is 2.71 bits per heavy atom. The molecule has 2 aromatic rings. The molecular formula is C20H22FN5O2. The van der Waals surface area contributed by atoms with Gasteiger partial charge >= 0.3 is 0 Å². The SMILES string of the molecule is O=C(NCCC1=CCCCC1)c1nnc2n(c1=O)CCN2c1ccc(F)cc1. The summed E-state index contributed by atoms with van der Waals surface area (Å²) < 4.78 is 14.6. The number of aromatic nitrogens is 3. The molecule has 0 saturated carbocycles. The summed E-state index contributed by atoms with van der Waals surface area (Å²) in [5, 5.41) is 10.8. The quantitative estimate of drug-likeness (QED) is 0.803. The Labute approximate surface area is 161 Å². The summed E-state index contributed by atoms with van der Waals surface area (Å²) in [5.74, 6) is -0.465. The van der Waals surface area contributed by atoms with Crippen molar-refractivity contribution in [1.29, 1.82) is 0 Å². The zero-order valence-electron chi connectivity index (χ0n) is 15.5. The highest BCUT2D eigenvalue weighted by molar-refractivity contribution is 5.91. The normalized spacial score (nSPS) is 15.9. The van der Waals surface area contributed by atoms with E-state index in [4.69, 9.17) is 0 Å². The van der Waals surface area contributed by atoms with E-state index in [-0.39, 0.29) is 11.5 Å². The summed E-state index contributed by atoms with van der Waals surface area (Å²) in [5.41, 5.74) is 1.43. The fourth-order valence-corrected chi connectivity index (χ4v) is 3.67. The van der Waals surface area contributed by atoms with Gasteiger partial charge in [0.2, 0.25) is 11.6 Å². The topological polar surface area (TPSA) is 80.1 Å². The van der Waals surface area contributed by atoms with Gasteiger partial charge in [0, 0.05) is 25.3 Å². The van der Waals surface area contributed by atoms with Gasteiger partial charge in [-0.05, 0) is 56.4 Å². The largest absolute Gasteiger partial charge is 0.350 e. The molecule has 0 saturated heterocycles. The maximum absolute atomic E-state index is 13.1. The van der Waals surface area contributed by atoms with Crippen LogP contribution in [0.15, 0.2) is 40.7 Å². The maximum atomic E-state index is 13.1. The molecule has 0 fully saturated rings. The third-order valence-corrected chi connectivity index (χ3v) is 5.19. The van der Waals surface area contributed by atoms with Crippen LogP contribution in [0.25, 0.3) is 0 Å². The lowest BCUT2D eigenvalue weighted by molar-refractivity contribution is 0.0945. The fourth-order valence-electron chi connectivity index (χ4n) is 3.67. The van der Waals surface area contributed by atoms with Crippen LogP contribution >= 0.6 is 0 Å². The first kappa shape index (κ1) is 18.3. The number of nitrogens with one attached hydrogen (secondary N) is 1. The molecule has 0 radical (unpaired) electrons. The number of halogens is 1. The van der Waals surface area contributed by atoms with Crippen molar-refractivity contribution in [2.75, 3.05) is 18.0 Å². The number of allylic oxidation sites excluding steroid dienone is 1. The number of carbonyl (C=O) groups excluding carboxylic acids is 1. The van der Waals surface area contributed by atoms with Gasteiger partial charge in [-0.2, -0.15) is 0 Å². The van der Waals surface area contributed by atoms with Gasteiger partial charge in [-0.25, -0.2) is 4.39 Å². The van der Waals surface area contributed by atoms with Gasteiger partial charge in [0.05, 0.1) is 0 Å². The van der Waals surface area contributed by atoms with Crippen molar-refractivity contribution in [2.45, 2.75) is 38.6 Å². The second-order valence-electron chi connectivity index (χ2n) is 7.05. The Morgan fingerprint density at radius 1 is 1.14 bits per heavy atom. The second kappa shape index (κ2) is 7.92. The number of benzene rings is 1. The predicted octanol–water partition coefficient (Wildman–Crippen LogP) is 2.55. The van der Waals surface area contributed by atoms with Gasteiger partial charge in [-0.3, -0.25) is 14.2 Å². The van der Waals surface area contributed by atoms with E-state index >= 15 is 0 Å². The zero-order valence-corrected chi connectivity index (χ0v) is 15.5. The van der Waals surface area contributed by atoms with Crippen LogP contribution in [0.4, 0.5) is 16.0 Å². The molecular weight excluding hydrogens is 361 g/mol. The molecule has 1 N–H and O–H groups in total.